The Balaban J connectivity index is 1.75. The first-order chi connectivity index (χ1) is 16.6. The molecule has 1 unspecified atom stereocenters. The van der Waals surface area contributed by atoms with E-state index in [1.807, 2.05) is 55.5 Å². The van der Waals surface area contributed by atoms with Gasteiger partial charge in [-0.25, -0.2) is 4.68 Å². The molecule has 2 aromatic heterocycles. The fourth-order valence-corrected chi connectivity index (χ4v) is 3.71. The molecule has 0 saturated carbocycles. The molecular weight excluding hydrogens is 432 g/mol. The molecule has 0 bridgehead atoms. The summed E-state index contributed by atoms with van der Waals surface area (Å²) in [5.41, 5.74) is 3.66. The molecular formula is C25H26N6O3. The number of para-hydroxylation sites is 1. The molecule has 0 aliphatic rings. The molecule has 2 heterocycles. The summed E-state index contributed by atoms with van der Waals surface area (Å²) in [6.45, 7) is 2.55. The van der Waals surface area contributed by atoms with Gasteiger partial charge in [0, 0.05) is 37.3 Å². The molecule has 2 amide bonds. The minimum atomic E-state index is -0.935. The summed E-state index contributed by atoms with van der Waals surface area (Å²) in [4.78, 5) is 32.9. The van der Waals surface area contributed by atoms with Crippen molar-refractivity contribution >= 4 is 28.5 Å². The number of aromatic nitrogens is 4. The lowest BCUT2D eigenvalue weighted by Gasteiger charge is -2.31. The maximum Gasteiger partial charge on any atom is 0.249 e. The van der Waals surface area contributed by atoms with Crippen molar-refractivity contribution in [2.75, 3.05) is 25.2 Å². The van der Waals surface area contributed by atoms with E-state index < -0.39 is 6.04 Å². The van der Waals surface area contributed by atoms with E-state index in [1.165, 1.54) is 4.90 Å². The van der Waals surface area contributed by atoms with Crippen molar-refractivity contribution in [3.8, 4) is 0 Å². The van der Waals surface area contributed by atoms with Crippen LogP contribution in [-0.2, 0) is 20.9 Å². The zero-order chi connectivity index (χ0) is 23.9. The van der Waals surface area contributed by atoms with E-state index in [0.717, 1.165) is 11.1 Å². The van der Waals surface area contributed by atoms with E-state index >= 15 is 0 Å². The minimum Gasteiger partial charge on any atom is -0.383 e. The number of methoxy groups -OCH3 is 1. The van der Waals surface area contributed by atoms with E-state index in [0.29, 0.717) is 29.9 Å². The molecule has 0 aliphatic carbocycles. The van der Waals surface area contributed by atoms with Crippen molar-refractivity contribution in [2.45, 2.75) is 19.5 Å². The zero-order valence-corrected chi connectivity index (χ0v) is 19.1. The van der Waals surface area contributed by atoms with Gasteiger partial charge in [-0.05, 0) is 37.3 Å². The summed E-state index contributed by atoms with van der Waals surface area (Å²) >= 11 is 0. The average Bonchev–Trinajstić information content (AvgIpc) is 3.26. The van der Waals surface area contributed by atoms with Crippen LogP contribution in [0.1, 0.15) is 17.2 Å². The summed E-state index contributed by atoms with van der Waals surface area (Å²) in [6.07, 6.45) is 3.23. The highest BCUT2D eigenvalue weighted by Gasteiger charge is 2.33. The number of hydrogen-bond acceptors (Lipinski definition) is 6. The van der Waals surface area contributed by atoms with Crippen LogP contribution in [0.3, 0.4) is 0 Å². The number of pyridine rings is 1. The van der Waals surface area contributed by atoms with Gasteiger partial charge in [0.15, 0.2) is 0 Å². The average molecular weight is 459 g/mol. The number of amides is 2. The minimum absolute atomic E-state index is 0.0868. The second-order valence-corrected chi connectivity index (χ2v) is 7.81. The standard InChI is InChI=1S/C25H26N6O3/c1-18-9-11-20(12-10-18)31(23(32)17-30-22-8-4-3-7-21(22)28-29-30)24(19-6-5-13-26-16-19)25(33)27-14-15-34-2/h3-13,16,24H,14-15,17H2,1-2H3,(H,27,33). The molecule has 0 spiro atoms. The van der Waals surface area contributed by atoms with E-state index in [4.69, 9.17) is 4.74 Å². The number of aryl methyl sites for hydroxylation is 1. The first-order valence-electron chi connectivity index (χ1n) is 10.9. The Kier molecular flexibility index (Phi) is 7.24. The third kappa shape index (κ3) is 5.10. The van der Waals surface area contributed by atoms with Gasteiger partial charge in [-0.1, -0.05) is 41.1 Å². The molecule has 4 aromatic rings. The van der Waals surface area contributed by atoms with Crippen LogP contribution in [-0.4, -0.2) is 52.1 Å². The predicted octanol–water partition coefficient (Wildman–Crippen LogP) is 2.67. The maximum atomic E-state index is 13.8. The maximum absolute atomic E-state index is 13.8. The lowest BCUT2D eigenvalue weighted by molar-refractivity contribution is -0.127. The summed E-state index contributed by atoms with van der Waals surface area (Å²) in [5, 5.41) is 11.2. The molecule has 9 heteroatoms. The Morgan fingerprint density at radius 3 is 2.62 bits per heavy atom. The van der Waals surface area contributed by atoms with Crippen molar-refractivity contribution in [3.05, 3.63) is 84.2 Å². The van der Waals surface area contributed by atoms with Crippen molar-refractivity contribution in [2.24, 2.45) is 0 Å². The van der Waals surface area contributed by atoms with Crippen LogP contribution < -0.4 is 10.2 Å². The Morgan fingerprint density at radius 2 is 1.88 bits per heavy atom. The van der Waals surface area contributed by atoms with Gasteiger partial charge >= 0.3 is 0 Å². The lowest BCUT2D eigenvalue weighted by atomic mass is 10.0. The van der Waals surface area contributed by atoms with Gasteiger partial charge in [0.1, 0.15) is 18.1 Å². The van der Waals surface area contributed by atoms with Crippen LogP contribution in [0.4, 0.5) is 5.69 Å². The third-order valence-electron chi connectivity index (χ3n) is 5.40. The topological polar surface area (TPSA) is 102 Å². The Bertz CT molecular complexity index is 1260. The van der Waals surface area contributed by atoms with Crippen molar-refractivity contribution in [1.82, 2.24) is 25.3 Å². The molecule has 174 valence electrons. The number of nitrogens with one attached hydrogen (secondary N) is 1. The number of benzene rings is 2. The quantitative estimate of drug-likeness (QED) is 0.387. The Morgan fingerprint density at radius 1 is 1.09 bits per heavy atom. The number of ether oxygens (including phenoxy) is 1. The molecule has 9 nitrogen and oxygen atoms in total. The van der Waals surface area contributed by atoms with Crippen LogP contribution in [0.2, 0.25) is 0 Å². The van der Waals surface area contributed by atoms with Crippen LogP contribution in [0.25, 0.3) is 11.0 Å². The molecule has 0 radical (unpaired) electrons. The molecule has 34 heavy (non-hydrogen) atoms. The van der Waals surface area contributed by atoms with Gasteiger partial charge < -0.3 is 10.1 Å². The molecule has 0 saturated heterocycles. The number of rotatable bonds is 9. The Labute approximate surface area is 197 Å². The molecule has 1 atom stereocenters. The monoisotopic (exact) mass is 458 g/mol. The normalized spacial score (nSPS) is 11.8. The summed E-state index contributed by atoms with van der Waals surface area (Å²) < 4.78 is 6.61. The molecule has 4 rings (SSSR count). The van der Waals surface area contributed by atoms with Gasteiger partial charge in [-0.3, -0.25) is 19.5 Å². The zero-order valence-electron chi connectivity index (χ0n) is 19.1. The lowest BCUT2D eigenvalue weighted by Crippen LogP contribution is -2.46. The SMILES string of the molecule is COCCNC(=O)C(c1cccnc1)N(C(=O)Cn1nnc2ccccc21)c1ccc(C)cc1. The Hall–Kier alpha value is -4.11. The van der Waals surface area contributed by atoms with Crippen LogP contribution >= 0.6 is 0 Å². The summed E-state index contributed by atoms with van der Waals surface area (Å²) in [5.74, 6) is -0.641. The highest BCUT2D eigenvalue weighted by atomic mass is 16.5. The van der Waals surface area contributed by atoms with Crippen molar-refractivity contribution in [3.63, 3.8) is 0 Å². The van der Waals surface area contributed by atoms with E-state index in [2.05, 4.69) is 20.6 Å². The van der Waals surface area contributed by atoms with Crippen LogP contribution in [0.5, 0.6) is 0 Å². The van der Waals surface area contributed by atoms with Crippen LogP contribution in [0.15, 0.2) is 73.1 Å². The van der Waals surface area contributed by atoms with Gasteiger partial charge in [-0.15, -0.1) is 5.10 Å². The van der Waals surface area contributed by atoms with E-state index in [1.54, 1.807) is 36.3 Å². The summed E-state index contributed by atoms with van der Waals surface area (Å²) in [6, 6.07) is 17.5. The van der Waals surface area contributed by atoms with Gasteiger partial charge in [0.2, 0.25) is 11.8 Å². The molecule has 1 N–H and O–H groups in total. The number of carbonyl (C=O) groups excluding carboxylic acids is 2. The smallest absolute Gasteiger partial charge is 0.249 e. The molecule has 0 aliphatic heterocycles. The fraction of sp³-hybridized carbons (Fsp3) is 0.240. The molecule has 2 aromatic carbocycles. The van der Waals surface area contributed by atoms with Gasteiger partial charge in [0.25, 0.3) is 0 Å². The fourth-order valence-electron chi connectivity index (χ4n) is 3.71. The van der Waals surface area contributed by atoms with Gasteiger partial charge in [0.05, 0.1) is 12.1 Å². The third-order valence-corrected chi connectivity index (χ3v) is 5.40. The highest BCUT2D eigenvalue weighted by Crippen LogP contribution is 2.28. The first-order valence-corrected chi connectivity index (χ1v) is 10.9. The van der Waals surface area contributed by atoms with E-state index in [9.17, 15) is 9.59 Å². The number of nitrogens with zero attached hydrogens (tertiary/aromatic N) is 5. The molecule has 0 fully saturated rings. The second kappa shape index (κ2) is 10.7. The second-order valence-electron chi connectivity index (χ2n) is 7.81. The van der Waals surface area contributed by atoms with Gasteiger partial charge in [-0.2, -0.15) is 0 Å². The first kappa shape index (κ1) is 23.1. The van der Waals surface area contributed by atoms with Crippen LogP contribution in [0, 0.1) is 6.92 Å². The summed E-state index contributed by atoms with van der Waals surface area (Å²) in [7, 11) is 1.56. The van der Waals surface area contributed by atoms with Crippen molar-refractivity contribution < 1.29 is 14.3 Å². The number of carbonyl (C=O) groups is 2. The number of anilines is 1. The number of hydrogen-bond donors (Lipinski definition) is 1. The highest BCUT2D eigenvalue weighted by molar-refractivity contribution is 6.01. The number of fused-ring (bicyclic) bond motifs is 1. The predicted molar refractivity (Wildman–Crippen MR) is 128 cm³/mol. The largest absolute Gasteiger partial charge is 0.383 e. The van der Waals surface area contributed by atoms with Crippen molar-refractivity contribution in [1.29, 1.82) is 0 Å². The van der Waals surface area contributed by atoms with E-state index in [-0.39, 0.29) is 18.4 Å².